The van der Waals surface area contributed by atoms with Gasteiger partial charge >= 0.3 is 12.1 Å². The second-order valence-corrected chi connectivity index (χ2v) is 9.72. The van der Waals surface area contributed by atoms with Gasteiger partial charge in [0, 0.05) is 25.5 Å². The number of aliphatic hydroxyl groups excluding tert-OH is 1. The van der Waals surface area contributed by atoms with Crippen LogP contribution < -0.4 is 0 Å². The van der Waals surface area contributed by atoms with Gasteiger partial charge in [-0.05, 0) is 37.5 Å². The van der Waals surface area contributed by atoms with Crippen molar-refractivity contribution in [3.63, 3.8) is 0 Å². The molecule has 1 heterocycles. The standard InChI is InChI=1S/C31H35NO9/c1-20-9-7-12-24(17-20)25(27(35)13-8-15-39-16-14-33)18-28(36)29(41-22(3)34)21(2)30(37)32-26(19-40-31(32)38)23-10-5-4-6-11-23/h4-7,9-12,17-18,21,26,29,33H,8,13-16,19H2,1-3H3. The minimum absolute atomic E-state index is 0.0542. The molecule has 0 bridgehead atoms. The van der Waals surface area contributed by atoms with Gasteiger partial charge in [0.25, 0.3) is 0 Å². The molecule has 0 saturated carbocycles. The highest BCUT2D eigenvalue weighted by Gasteiger charge is 2.44. The van der Waals surface area contributed by atoms with Gasteiger partial charge in [0.05, 0.1) is 19.1 Å². The molecule has 1 saturated heterocycles. The van der Waals surface area contributed by atoms with Crippen molar-refractivity contribution in [1.29, 1.82) is 0 Å². The maximum atomic E-state index is 13.6. The summed E-state index contributed by atoms with van der Waals surface area (Å²) in [6.07, 6.45) is -0.940. The lowest BCUT2D eigenvalue weighted by Crippen LogP contribution is -2.45. The zero-order chi connectivity index (χ0) is 29.9. The molecule has 0 spiro atoms. The molecule has 3 unspecified atom stereocenters. The first-order chi connectivity index (χ1) is 19.6. The Kier molecular flexibility index (Phi) is 11.5. The van der Waals surface area contributed by atoms with E-state index in [4.69, 9.17) is 19.3 Å². The van der Waals surface area contributed by atoms with E-state index in [0.29, 0.717) is 17.5 Å². The number of carbonyl (C=O) groups is 5. The summed E-state index contributed by atoms with van der Waals surface area (Å²) in [5.74, 6) is -3.93. The number of Topliss-reactive ketones (excluding diaryl/α,β-unsaturated/α-hetero) is 1. The molecule has 3 atom stereocenters. The van der Waals surface area contributed by atoms with E-state index in [0.717, 1.165) is 23.5 Å². The molecular formula is C31H35NO9. The van der Waals surface area contributed by atoms with Crippen molar-refractivity contribution in [3.8, 4) is 0 Å². The van der Waals surface area contributed by atoms with Crippen LogP contribution in [0.15, 0.2) is 60.7 Å². The number of rotatable bonds is 14. The lowest BCUT2D eigenvalue weighted by atomic mass is 9.92. The van der Waals surface area contributed by atoms with Crippen molar-refractivity contribution in [2.75, 3.05) is 26.4 Å². The van der Waals surface area contributed by atoms with Gasteiger partial charge in [-0.1, -0.05) is 60.2 Å². The maximum Gasteiger partial charge on any atom is 0.417 e. The Hall–Kier alpha value is -4.15. The first-order valence-electron chi connectivity index (χ1n) is 13.4. The lowest BCUT2D eigenvalue weighted by Gasteiger charge is -2.27. The topological polar surface area (TPSA) is 137 Å². The average molecular weight is 566 g/mol. The molecule has 2 aromatic rings. The van der Waals surface area contributed by atoms with E-state index in [9.17, 15) is 24.0 Å². The number of hydrogen-bond donors (Lipinski definition) is 1. The number of aliphatic hydroxyl groups is 1. The number of ether oxygens (including phenoxy) is 3. The smallest absolute Gasteiger partial charge is 0.417 e. The molecule has 2 amide bonds. The Labute approximate surface area is 238 Å². The number of aryl methyl sites for hydroxylation is 1. The van der Waals surface area contributed by atoms with E-state index < -0.39 is 41.8 Å². The van der Waals surface area contributed by atoms with Crippen LogP contribution in [0.3, 0.4) is 0 Å². The molecule has 218 valence electrons. The quantitative estimate of drug-likeness (QED) is 0.207. The van der Waals surface area contributed by atoms with Crippen molar-refractivity contribution in [3.05, 3.63) is 77.4 Å². The predicted molar refractivity (Wildman–Crippen MR) is 148 cm³/mol. The van der Waals surface area contributed by atoms with Crippen LogP contribution in [-0.2, 0) is 33.4 Å². The Morgan fingerprint density at radius 3 is 2.49 bits per heavy atom. The summed E-state index contributed by atoms with van der Waals surface area (Å²) < 4.78 is 15.7. The minimum atomic E-state index is -1.59. The average Bonchev–Trinajstić information content (AvgIpc) is 3.35. The normalized spacial score (nSPS) is 16.6. The van der Waals surface area contributed by atoms with Crippen LogP contribution in [0.1, 0.15) is 49.4 Å². The zero-order valence-electron chi connectivity index (χ0n) is 23.4. The van der Waals surface area contributed by atoms with Gasteiger partial charge in [-0.25, -0.2) is 9.69 Å². The molecule has 0 aliphatic carbocycles. The number of hydrogen-bond acceptors (Lipinski definition) is 9. The van der Waals surface area contributed by atoms with Crippen molar-refractivity contribution in [2.24, 2.45) is 5.92 Å². The summed E-state index contributed by atoms with van der Waals surface area (Å²) in [5, 5.41) is 8.86. The molecule has 10 heteroatoms. The number of benzene rings is 2. The van der Waals surface area contributed by atoms with E-state index in [2.05, 4.69) is 0 Å². The van der Waals surface area contributed by atoms with Crippen LogP contribution in [-0.4, -0.2) is 72.1 Å². The minimum Gasteiger partial charge on any atom is -0.453 e. The first-order valence-corrected chi connectivity index (χ1v) is 13.4. The lowest BCUT2D eigenvalue weighted by molar-refractivity contribution is -0.158. The van der Waals surface area contributed by atoms with Crippen LogP contribution in [0.25, 0.3) is 5.57 Å². The number of allylic oxidation sites excluding steroid dienone is 1. The van der Waals surface area contributed by atoms with Crippen LogP contribution >= 0.6 is 0 Å². The summed E-state index contributed by atoms with van der Waals surface area (Å²) in [6, 6.07) is 15.2. The van der Waals surface area contributed by atoms with Crippen LogP contribution in [0.4, 0.5) is 4.79 Å². The third kappa shape index (κ3) is 8.42. The molecule has 10 nitrogen and oxygen atoms in total. The van der Waals surface area contributed by atoms with Gasteiger partial charge in [0.2, 0.25) is 5.91 Å². The summed E-state index contributed by atoms with van der Waals surface area (Å²) in [7, 11) is 0. The molecule has 3 rings (SSSR count). The Bertz CT molecular complexity index is 1290. The Morgan fingerprint density at radius 2 is 1.83 bits per heavy atom. The monoisotopic (exact) mass is 565 g/mol. The number of carbonyl (C=O) groups excluding carboxylic acids is 5. The summed E-state index contributed by atoms with van der Waals surface area (Å²) in [6.45, 7) is 4.56. The SMILES string of the molecule is CC(=O)OC(C(=O)C=C(C(=O)CCCOCCO)c1cccc(C)c1)C(C)C(=O)N1C(=O)OCC1c1ccccc1. The first kappa shape index (κ1) is 31.4. The fourth-order valence-electron chi connectivity index (χ4n) is 4.52. The van der Waals surface area contributed by atoms with Gasteiger partial charge in [0.15, 0.2) is 17.7 Å². The predicted octanol–water partition coefficient (Wildman–Crippen LogP) is 3.59. The number of cyclic esters (lactones) is 1. The summed E-state index contributed by atoms with van der Waals surface area (Å²) in [5.41, 5.74) is 2.12. The van der Waals surface area contributed by atoms with Crippen LogP contribution in [0, 0.1) is 12.8 Å². The Balaban J connectivity index is 1.91. The third-order valence-electron chi connectivity index (χ3n) is 6.56. The van der Waals surface area contributed by atoms with Gasteiger partial charge < -0.3 is 19.3 Å². The molecule has 1 aliphatic rings. The highest BCUT2D eigenvalue weighted by molar-refractivity contribution is 6.25. The third-order valence-corrected chi connectivity index (χ3v) is 6.56. The van der Waals surface area contributed by atoms with Crippen molar-refractivity contribution >= 4 is 35.1 Å². The van der Waals surface area contributed by atoms with Crippen molar-refractivity contribution in [1.82, 2.24) is 4.90 Å². The van der Waals surface area contributed by atoms with E-state index >= 15 is 0 Å². The molecule has 1 fully saturated rings. The molecule has 41 heavy (non-hydrogen) atoms. The molecule has 0 aromatic heterocycles. The molecule has 1 N–H and O–H groups in total. The number of imide groups is 1. The summed E-state index contributed by atoms with van der Waals surface area (Å²) >= 11 is 0. The largest absolute Gasteiger partial charge is 0.453 e. The van der Waals surface area contributed by atoms with Gasteiger partial charge in [-0.3, -0.25) is 19.2 Å². The fourth-order valence-corrected chi connectivity index (χ4v) is 4.52. The zero-order valence-corrected chi connectivity index (χ0v) is 23.4. The second-order valence-electron chi connectivity index (χ2n) is 9.72. The number of nitrogens with zero attached hydrogens (tertiary/aromatic N) is 1. The molecule has 2 aromatic carbocycles. The van der Waals surface area contributed by atoms with Gasteiger partial charge in [-0.15, -0.1) is 0 Å². The van der Waals surface area contributed by atoms with E-state index in [1.54, 1.807) is 48.5 Å². The van der Waals surface area contributed by atoms with E-state index in [1.165, 1.54) is 6.92 Å². The van der Waals surface area contributed by atoms with Crippen molar-refractivity contribution in [2.45, 2.75) is 45.8 Å². The molecular weight excluding hydrogens is 530 g/mol. The number of esters is 1. The number of amides is 2. The highest BCUT2D eigenvalue weighted by Crippen LogP contribution is 2.31. The number of ketones is 2. The van der Waals surface area contributed by atoms with Crippen LogP contribution in [0.2, 0.25) is 0 Å². The van der Waals surface area contributed by atoms with E-state index in [-0.39, 0.29) is 44.2 Å². The van der Waals surface area contributed by atoms with Gasteiger partial charge in [-0.2, -0.15) is 0 Å². The van der Waals surface area contributed by atoms with Gasteiger partial charge in [0.1, 0.15) is 12.6 Å². The van der Waals surface area contributed by atoms with E-state index in [1.807, 2.05) is 13.0 Å². The molecule has 0 radical (unpaired) electrons. The second kappa shape index (κ2) is 15.0. The van der Waals surface area contributed by atoms with Crippen molar-refractivity contribution < 1.29 is 43.3 Å². The maximum absolute atomic E-state index is 13.6. The Morgan fingerprint density at radius 1 is 1.10 bits per heavy atom. The summed E-state index contributed by atoms with van der Waals surface area (Å²) in [4.78, 5) is 66.0. The highest BCUT2D eigenvalue weighted by atomic mass is 16.6. The molecule has 1 aliphatic heterocycles. The van der Waals surface area contributed by atoms with Crippen LogP contribution in [0.5, 0.6) is 0 Å². The fraction of sp³-hybridized carbons (Fsp3) is 0.387.